The van der Waals surface area contributed by atoms with Crippen LogP contribution in [0.5, 0.6) is 0 Å². The minimum atomic E-state index is -0.518. The average Bonchev–Trinajstić information content (AvgIpc) is 3.30. The van der Waals surface area contributed by atoms with Crippen molar-refractivity contribution in [2.24, 2.45) is 28.3 Å². The first-order valence-electron chi connectivity index (χ1n) is 8.54. The minimum absolute atomic E-state index is 0.00690. The summed E-state index contributed by atoms with van der Waals surface area (Å²) in [6.45, 7) is 4.01. The maximum absolute atomic E-state index is 13.1. The molecule has 1 amide bonds. The number of ketones is 1. The second-order valence-corrected chi connectivity index (χ2v) is 7.54. The maximum atomic E-state index is 13.1. The molecule has 2 bridgehead atoms. The van der Waals surface area contributed by atoms with E-state index in [-0.39, 0.29) is 18.2 Å². The third-order valence-electron chi connectivity index (χ3n) is 6.37. The zero-order valence-electron chi connectivity index (χ0n) is 13.7. The number of hydrazone groups is 1. The third-order valence-corrected chi connectivity index (χ3v) is 6.37. The molecular weight excluding hydrogens is 290 g/mol. The van der Waals surface area contributed by atoms with Gasteiger partial charge in [0.15, 0.2) is 0 Å². The maximum Gasteiger partial charge on any atom is 0.255 e. The summed E-state index contributed by atoms with van der Waals surface area (Å²) in [5.74, 6) is 1.74. The van der Waals surface area contributed by atoms with E-state index in [9.17, 15) is 9.59 Å². The fourth-order valence-corrected chi connectivity index (χ4v) is 4.96. The Bertz CT molecular complexity index is 678. The van der Waals surface area contributed by atoms with Crippen LogP contribution in [0.25, 0.3) is 0 Å². The van der Waals surface area contributed by atoms with E-state index < -0.39 is 5.41 Å². The smallest absolute Gasteiger partial charge is 0.255 e. The van der Waals surface area contributed by atoms with E-state index in [0.717, 1.165) is 18.1 Å². The first-order valence-corrected chi connectivity index (χ1v) is 8.54. The van der Waals surface area contributed by atoms with Gasteiger partial charge in [-0.1, -0.05) is 6.42 Å². The highest BCUT2D eigenvalue weighted by Gasteiger charge is 2.57. The van der Waals surface area contributed by atoms with Crippen molar-refractivity contribution < 1.29 is 9.59 Å². The molecule has 5 nitrogen and oxygen atoms in total. The molecule has 0 saturated heterocycles. The largest absolute Gasteiger partial charge is 0.359 e. The number of Topliss-reactive ketones (excluding diaryl/α,β-unsaturated/α-hetero) is 1. The van der Waals surface area contributed by atoms with Gasteiger partial charge in [-0.25, -0.2) is 5.01 Å². The molecule has 3 aliphatic rings. The number of hydrogen-bond acceptors (Lipinski definition) is 3. The third kappa shape index (κ3) is 2.09. The molecule has 5 heteroatoms. The van der Waals surface area contributed by atoms with Gasteiger partial charge in [-0.3, -0.25) is 9.59 Å². The van der Waals surface area contributed by atoms with Gasteiger partial charge >= 0.3 is 0 Å². The van der Waals surface area contributed by atoms with E-state index in [1.165, 1.54) is 24.3 Å². The highest BCUT2D eigenvalue weighted by molar-refractivity contribution is 6.12. The topological polar surface area (TPSA) is 65.5 Å². The van der Waals surface area contributed by atoms with Crippen LogP contribution in [0.2, 0.25) is 0 Å². The van der Waals surface area contributed by atoms with Gasteiger partial charge in [-0.05, 0) is 63.0 Å². The first kappa shape index (κ1) is 14.7. The SMILES string of the molecule is CC1=NN(CC(=O)c2ccc[nH]2)C(=O)C1(C)[C@@H]1C[C@@H]2CC[C@@H]1C2. The van der Waals surface area contributed by atoms with Crippen molar-refractivity contribution in [3.8, 4) is 0 Å². The Morgan fingerprint density at radius 2 is 2.26 bits per heavy atom. The summed E-state index contributed by atoms with van der Waals surface area (Å²) in [5.41, 5.74) is 0.883. The van der Waals surface area contributed by atoms with Crippen molar-refractivity contribution in [2.45, 2.75) is 39.5 Å². The van der Waals surface area contributed by atoms with Crippen molar-refractivity contribution in [2.75, 3.05) is 6.54 Å². The molecule has 4 rings (SSSR count). The number of nitrogens with zero attached hydrogens (tertiary/aromatic N) is 2. The van der Waals surface area contributed by atoms with Gasteiger partial charge in [0, 0.05) is 6.20 Å². The van der Waals surface area contributed by atoms with Gasteiger partial charge in [0.05, 0.1) is 16.8 Å². The number of carbonyl (C=O) groups excluding carboxylic acids is 2. The molecule has 122 valence electrons. The number of carbonyl (C=O) groups is 2. The fourth-order valence-electron chi connectivity index (χ4n) is 4.96. The first-order chi connectivity index (χ1) is 11.0. The molecule has 2 saturated carbocycles. The van der Waals surface area contributed by atoms with Crippen LogP contribution < -0.4 is 0 Å². The van der Waals surface area contributed by atoms with Crippen LogP contribution in [-0.4, -0.2) is 33.9 Å². The van der Waals surface area contributed by atoms with Gasteiger partial charge in [0.1, 0.15) is 6.54 Å². The average molecular weight is 313 g/mol. The van der Waals surface area contributed by atoms with Crippen LogP contribution >= 0.6 is 0 Å². The Labute approximate surface area is 136 Å². The van der Waals surface area contributed by atoms with Crippen LogP contribution in [-0.2, 0) is 4.79 Å². The Balaban J connectivity index is 1.54. The Kier molecular flexibility index (Phi) is 3.22. The molecule has 1 N–H and O–H groups in total. The number of H-pyrrole nitrogens is 1. The summed E-state index contributed by atoms with van der Waals surface area (Å²) < 4.78 is 0. The second kappa shape index (κ2) is 5.05. The van der Waals surface area contributed by atoms with Crippen molar-refractivity contribution in [3.05, 3.63) is 24.0 Å². The molecule has 0 radical (unpaired) electrons. The van der Waals surface area contributed by atoms with Crippen molar-refractivity contribution in [1.82, 2.24) is 9.99 Å². The molecule has 2 heterocycles. The second-order valence-electron chi connectivity index (χ2n) is 7.54. The monoisotopic (exact) mass is 313 g/mol. The van der Waals surface area contributed by atoms with Crippen LogP contribution in [0.4, 0.5) is 0 Å². The van der Waals surface area contributed by atoms with Gasteiger partial charge in [0.25, 0.3) is 5.91 Å². The van der Waals surface area contributed by atoms with Gasteiger partial charge in [0.2, 0.25) is 5.78 Å². The van der Waals surface area contributed by atoms with E-state index in [4.69, 9.17) is 0 Å². The number of aromatic amines is 1. The molecule has 1 aromatic heterocycles. The number of nitrogens with one attached hydrogen (secondary N) is 1. The highest BCUT2D eigenvalue weighted by Crippen LogP contribution is 2.56. The van der Waals surface area contributed by atoms with Gasteiger partial charge in [-0.2, -0.15) is 5.10 Å². The summed E-state index contributed by atoms with van der Waals surface area (Å²) in [6, 6.07) is 3.52. The van der Waals surface area contributed by atoms with Crippen LogP contribution in [0.3, 0.4) is 0 Å². The van der Waals surface area contributed by atoms with Crippen molar-refractivity contribution >= 4 is 17.4 Å². The molecule has 1 unspecified atom stereocenters. The van der Waals surface area contributed by atoms with E-state index in [0.29, 0.717) is 17.5 Å². The quantitative estimate of drug-likeness (QED) is 0.869. The number of hydrogen-bond donors (Lipinski definition) is 1. The lowest BCUT2D eigenvalue weighted by Gasteiger charge is -2.35. The zero-order valence-corrected chi connectivity index (χ0v) is 13.7. The molecule has 0 spiro atoms. The molecule has 2 fully saturated rings. The Morgan fingerprint density at radius 3 is 2.87 bits per heavy atom. The number of rotatable bonds is 4. The van der Waals surface area contributed by atoms with Crippen LogP contribution in [0.1, 0.15) is 50.0 Å². The zero-order chi connectivity index (χ0) is 16.2. The molecule has 0 aromatic carbocycles. The molecule has 1 aromatic rings. The fraction of sp³-hybridized carbons (Fsp3) is 0.611. The Hall–Kier alpha value is -1.91. The lowest BCUT2D eigenvalue weighted by Crippen LogP contribution is -2.45. The summed E-state index contributed by atoms with van der Waals surface area (Å²) >= 11 is 0. The van der Waals surface area contributed by atoms with E-state index in [2.05, 4.69) is 10.1 Å². The van der Waals surface area contributed by atoms with E-state index in [1.807, 2.05) is 13.8 Å². The van der Waals surface area contributed by atoms with E-state index in [1.54, 1.807) is 18.3 Å². The van der Waals surface area contributed by atoms with Crippen molar-refractivity contribution in [3.63, 3.8) is 0 Å². The van der Waals surface area contributed by atoms with Crippen LogP contribution in [0.15, 0.2) is 23.4 Å². The van der Waals surface area contributed by atoms with Gasteiger partial charge < -0.3 is 4.98 Å². The summed E-state index contributed by atoms with van der Waals surface area (Å²) in [6.07, 6.45) is 6.68. The van der Waals surface area contributed by atoms with Crippen LogP contribution in [0, 0.1) is 23.2 Å². The number of amides is 1. The summed E-state index contributed by atoms with van der Waals surface area (Å²) in [5, 5.41) is 5.86. The molecular formula is C18H23N3O2. The lowest BCUT2D eigenvalue weighted by molar-refractivity contribution is -0.138. The highest BCUT2D eigenvalue weighted by atomic mass is 16.2. The normalized spacial score (nSPS) is 35.9. The molecule has 2 aliphatic carbocycles. The summed E-state index contributed by atoms with van der Waals surface area (Å²) in [4.78, 5) is 28.2. The molecule has 1 aliphatic heterocycles. The van der Waals surface area contributed by atoms with Crippen molar-refractivity contribution in [1.29, 1.82) is 0 Å². The number of aromatic nitrogens is 1. The molecule has 4 atom stereocenters. The predicted octanol–water partition coefficient (Wildman–Crippen LogP) is 2.86. The van der Waals surface area contributed by atoms with Gasteiger partial charge in [-0.15, -0.1) is 0 Å². The predicted molar refractivity (Wildman–Crippen MR) is 87.0 cm³/mol. The van der Waals surface area contributed by atoms with E-state index >= 15 is 0 Å². The molecule has 23 heavy (non-hydrogen) atoms. The Morgan fingerprint density at radius 1 is 1.43 bits per heavy atom. The lowest BCUT2D eigenvalue weighted by atomic mass is 9.66. The minimum Gasteiger partial charge on any atom is -0.359 e. The summed E-state index contributed by atoms with van der Waals surface area (Å²) in [7, 11) is 0. The number of fused-ring (bicyclic) bond motifs is 2. The standard InChI is InChI=1S/C18H23N3O2/c1-11-18(2,14-9-12-5-6-13(14)8-12)17(23)21(20-11)10-16(22)15-4-3-7-19-15/h3-4,7,12-14,19H,5-6,8-10H2,1-2H3/t12-,13-,14-,18?/m1/s1.